The fourth-order valence-corrected chi connectivity index (χ4v) is 5.11. The molecule has 0 unspecified atom stereocenters. The molecule has 1 amide bonds. The molecular formula is C24H25ClN2O5S2. The molecule has 0 spiro atoms. The number of hydrogen-bond donors (Lipinski definition) is 2. The molecule has 3 aromatic carbocycles. The van der Waals surface area contributed by atoms with E-state index >= 15 is 0 Å². The summed E-state index contributed by atoms with van der Waals surface area (Å²) < 4.78 is 38.4. The maximum absolute atomic E-state index is 12.7. The number of carbonyl (C=O) groups is 1. The van der Waals surface area contributed by atoms with Gasteiger partial charge < -0.3 is 14.8 Å². The van der Waals surface area contributed by atoms with E-state index in [2.05, 4.69) is 10.0 Å². The van der Waals surface area contributed by atoms with Crippen LogP contribution in [0.25, 0.3) is 0 Å². The van der Waals surface area contributed by atoms with Crippen LogP contribution in [0.4, 0.5) is 11.4 Å². The van der Waals surface area contributed by atoms with Crippen LogP contribution in [0.5, 0.6) is 11.5 Å². The smallest absolute Gasteiger partial charge is 0.261 e. The van der Waals surface area contributed by atoms with Gasteiger partial charge in [0.2, 0.25) is 5.91 Å². The molecule has 3 aromatic rings. The number of rotatable bonds is 9. The van der Waals surface area contributed by atoms with Gasteiger partial charge in [0, 0.05) is 15.6 Å². The minimum absolute atomic E-state index is 0.0648. The third-order valence-corrected chi connectivity index (χ3v) is 7.79. The number of methoxy groups -OCH3 is 2. The third-order valence-electron chi connectivity index (χ3n) is 4.89. The lowest BCUT2D eigenvalue weighted by Crippen LogP contribution is -2.22. The SMILES string of the molecule is COc1ccc(S[C@@H](C)C(=O)Nc2ccc(S(=O)(=O)Nc3ccc(C)c(Cl)c3)cc2)cc1OC. The van der Waals surface area contributed by atoms with Gasteiger partial charge in [-0.05, 0) is 74.0 Å². The summed E-state index contributed by atoms with van der Waals surface area (Å²) in [6.45, 7) is 3.62. The molecule has 34 heavy (non-hydrogen) atoms. The van der Waals surface area contributed by atoms with E-state index in [-0.39, 0.29) is 10.8 Å². The maximum Gasteiger partial charge on any atom is 0.261 e. The number of aryl methyl sites for hydroxylation is 1. The van der Waals surface area contributed by atoms with Crippen molar-refractivity contribution in [2.75, 3.05) is 24.3 Å². The molecule has 2 N–H and O–H groups in total. The molecule has 0 aromatic heterocycles. The molecule has 0 bridgehead atoms. The highest BCUT2D eigenvalue weighted by molar-refractivity contribution is 8.00. The Morgan fingerprint density at radius 3 is 2.21 bits per heavy atom. The van der Waals surface area contributed by atoms with E-state index in [1.807, 2.05) is 13.0 Å². The van der Waals surface area contributed by atoms with Crippen LogP contribution in [0.3, 0.4) is 0 Å². The van der Waals surface area contributed by atoms with Crippen LogP contribution in [-0.4, -0.2) is 33.8 Å². The molecule has 0 saturated heterocycles. The van der Waals surface area contributed by atoms with Gasteiger partial charge in [0.1, 0.15) is 0 Å². The van der Waals surface area contributed by atoms with Crippen molar-refractivity contribution < 1.29 is 22.7 Å². The molecule has 0 heterocycles. The predicted molar refractivity (Wildman–Crippen MR) is 137 cm³/mol. The average molecular weight is 521 g/mol. The second-order valence-electron chi connectivity index (χ2n) is 7.36. The van der Waals surface area contributed by atoms with Crippen molar-refractivity contribution in [3.8, 4) is 11.5 Å². The van der Waals surface area contributed by atoms with Gasteiger partial charge in [-0.3, -0.25) is 9.52 Å². The summed E-state index contributed by atoms with van der Waals surface area (Å²) >= 11 is 7.44. The van der Waals surface area contributed by atoms with Gasteiger partial charge in [0.25, 0.3) is 10.0 Å². The summed E-state index contributed by atoms with van der Waals surface area (Å²) in [7, 11) is -0.691. The lowest BCUT2D eigenvalue weighted by atomic mass is 10.2. The van der Waals surface area contributed by atoms with Crippen molar-refractivity contribution in [3.05, 3.63) is 71.2 Å². The summed E-state index contributed by atoms with van der Waals surface area (Å²) in [4.78, 5) is 13.6. The average Bonchev–Trinajstić information content (AvgIpc) is 2.81. The van der Waals surface area contributed by atoms with Crippen LogP contribution in [0.2, 0.25) is 5.02 Å². The number of amides is 1. The summed E-state index contributed by atoms with van der Waals surface area (Å²) in [6.07, 6.45) is 0. The van der Waals surface area contributed by atoms with Crippen LogP contribution < -0.4 is 19.5 Å². The summed E-state index contributed by atoms with van der Waals surface area (Å²) in [5.74, 6) is 0.972. The Kier molecular flexibility index (Phi) is 8.35. The van der Waals surface area contributed by atoms with Crippen LogP contribution >= 0.6 is 23.4 Å². The molecule has 3 rings (SSSR count). The van der Waals surface area contributed by atoms with E-state index < -0.39 is 15.3 Å². The second-order valence-corrected chi connectivity index (χ2v) is 10.9. The lowest BCUT2D eigenvalue weighted by Gasteiger charge is -2.14. The Bertz CT molecular complexity index is 1280. The standard InChI is InChI=1S/C24H25ClN2O5S2/c1-15-5-6-18(13-21(15)25)27-34(29,30)20-10-7-17(8-11-20)26-24(28)16(2)33-19-9-12-22(31-3)23(14-19)32-4/h5-14,16,27H,1-4H3,(H,26,28)/t16-/m0/s1. The van der Waals surface area contributed by atoms with E-state index in [0.717, 1.165) is 10.5 Å². The van der Waals surface area contributed by atoms with Crippen LogP contribution in [-0.2, 0) is 14.8 Å². The van der Waals surface area contributed by atoms with Crippen molar-refractivity contribution in [1.29, 1.82) is 0 Å². The predicted octanol–water partition coefficient (Wildman–Crippen LogP) is 5.59. The molecule has 0 aliphatic carbocycles. The van der Waals surface area contributed by atoms with E-state index in [9.17, 15) is 13.2 Å². The zero-order valence-electron chi connectivity index (χ0n) is 19.1. The number of sulfonamides is 1. The molecule has 10 heteroatoms. The monoisotopic (exact) mass is 520 g/mol. The maximum atomic E-state index is 12.7. The Morgan fingerprint density at radius 1 is 0.941 bits per heavy atom. The van der Waals surface area contributed by atoms with E-state index in [1.165, 1.54) is 23.9 Å². The normalized spacial score (nSPS) is 12.0. The molecular weight excluding hydrogens is 496 g/mol. The number of benzene rings is 3. The van der Waals surface area contributed by atoms with Crippen molar-refractivity contribution in [2.45, 2.75) is 28.9 Å². The fourth-order valence-electron chi connectivity index (χ4n) is 2.98. The lowest BCUT2D eigenvalue weighted by molar-refractivity contribution is -0.115. The van der Waals surface area contributed by atoms with Gasteiger partial charge in [0.05, 0.1) is 30.1 Å². The van der Waals surface area contributed by atoms with Crippen LogP contribution in [0, 0.1) is 6.92 Å². The molecule has 1 atom stereocenters. The van der Waals surface area contributed by atoms with Crippen LogP contribution in [0.15, 0.2) is 70.5 Å². The van der Waals surface area contributed by atoms with Crippen molar-refractivity contribution in [2.24, 2.45) is 0 Å². The van der Waals surface area contributed by atoms with Gasteiger partial charge in [-0.2, -0.15) is 0 Å². The number of hydrogen-bond acceptors (Lipinski definition) is 6. The number of anilines is 2. The molecule has 0 saturated carbocycles. The first-order valence-corrected chi connectivity index (χ1v) is 13.0. The highest BCUT2D eigenvalue weighted by Crippen LogP contribution is 2.34. The molecule has 0 aliphatic rings. The Balaban J connectivity index is 1.64. The van der Waals surface area contributed by atoms with Crippen molar-refractivity contribution in [3.63, 3.8) is 0 Å². The van der Waals surface area contributed by atoms with Gasteiger partial charge in [-0.25, -0.2) is 8.42 Å². The zero-order valence-corrected chi connectivity index (χ0v) is 21.5. The summed E-state index contributed by atoms with van der Waals surface area (Å²) in [5, 5.41) is 2.87. The fraction of sp³-hybridized carbons (Fsp3) is 0.208. The minimum atomic E-state index is -3.81. The zero-order chi connectivity index (χ0) is 24.9. The van der Waals surface area contributed by atoms with Gasteiger partial charge in [-0.15, -0.1) is 11.8 Å². The van der Waals surface area contributed by atoms with Crippen LogP contribution in [0.1, 0.15) is 12.5 Å². The highest BCUT2D eigenvalue weighted by Gasteiger charge is 2.18. The first-order valence-electron chi connectivity index (χ1n) is 10.2. The van der Waals surface area contributed by atoms with E-state index in [4.69, 9.17) is 21.1 Å². The highest BCUT2D eigenvalue weighted by atomic mass is 35.5. The molecule has 0 aliphatic heterocycles. The first-order chi connectivity index (χ1) is 16.1. The number of nitrogens with one attached hydrogen (secondary N) is 2. The van der Waals surface area contributed by atoms with Crippen molar-refractivity contribution >= 4 is 50.7 Å². The third kappa shape index (κ3) is 6.37. The Hall–Kier alpha value is -2.88. The van der Waals surface area contributed by atoms with Crippen molar-refractivity contribution in [1.82, 2.24) is 0 Å². The number of thioether (sulfide) groups is 1. The topological polar surface area (TPSA) is 93.7 Å². The summed E-state index contributed by atoms with van der Waals surface area (Å²) in [6, 6.07) is 16.3. The van der Waals surface area contributed by atoms with E-state index in [1.54, 1.807) is 63.6 Å². The molecule has 7 nitrogen and oxygen atoms in total. The molecule has 180 valence electrons. The minimum Gasteiger partial charge on any atom is -0.493 e. The number of halogens is 1. The quantitative estimate of drug-likeness (QED) is 0.357. The Labute approximate surface area is 208 Å². The summed E-state index contributed by atoms with van der Waals surface area (Å²) in [5.41, 5.74) is 1.71. The largest absolute Gasteiger partial charge is 0.493 e. The van der Waals surface area contributed by atoms with Gasteiger partial charge >= 0.3 is 0 Å². The van der Waals surface area contributed by atoms with Gasteiger partial charge in [-0.1, -0.05) is 17.7 Å². The number of carbonyl (C=O) groups excluding carboxylic acids is 1. The molecule has 0 radical (unpaired) electrons. The Morgan fingerprint density at radius 2 is 1.59 bits per heavy atom. The number of ether oxygens (including phenoxy) is 2. The molecule has 0 fully saturated rings. The second kappa shape index (κ2) is 11.0. The van der Waals surface area contributed by atoms with Gasteiger partial charge in [0.15, 0.2) is 11.5 Å². The first kappa shape index (κ1) is 25.7. The van der Waals surface area contributed by atoms with E-state index in [0.29, 0.717) is 27.9 Å².